The highest BCUT2D eigenvalue weighted by Crippen LogP contribution is 2.52. The zero-order valence-corrected chi connectivity index (χ0v) is 17.5. The minimum atomic E-state index is -0.885. The van der Waals surface area contributed by atoms with Crippen LogP contribution in [0.15, 0.2) is 29.4 Å². The van der Waals surface area contributed by atoms with E-state index < -0.39 is 12.1 Å². The fourth-order valence-electron chi connectivity index (χ4n) is 4.44. The first kappa shape index (κ1) is 20.4. The molecule has 4 rings (SSSR count). The first-order chi connectivity index (χ1) is 14.3. The maximum Gasteiger partial charge on any atom is 0.346 e. The quantitative estimate of drug-likeness (QED) is 0.296. The third-order valence-corrected chi connectivity index (χ3v) is 6.13. The fourth-order valence-corrected chi connectivity index (χ4v) is 4.71. The van der Waals surface area contributed by atoms with Crippen LogP contribution in [-0.2, 0) is 19.1 Å². The molecular formula is C21H21ClN2O6. The number of hydrogen-bond donors (Lipinski definition) is 0. The van der Waals surface area contributed by atoms with Crippen molar-refractivity contribution in [3.05, 3.63) is 34.9 Å². The topological polar surface area (TPSA) is 94.5 Å². The number of ether oxygens (including phenoxy) is 3. The number of hydrazone groups is 1. The van der Waals surface area contributed by atoms with Gasteiger partial charge in [0.2, 0.25) is 0 Å². The first-order valence-electron chi connectivity index (χ1n) is 9.57. The number of allylic oxidation sites excluding steroid dienone is 2. The number of methoxy groups -OCH3 is 2. The van der Waals surface area contributed by atoms with E-state index in [0.29, 0.717) is 5.56 Å². The maximum absolute atomic E-state index is 12.7. The Morgan fingerprint density at radius 2 is 1.83 bits per heavy atom. The lowest BCUT2D eigenvalue weighted by atomic mass is 9.85. The second-order valence-electron chi connectivity index (χ2n) is 7.55. The maximum atomic E-state index is 12.7. The Morgan fingerprint density at radius 1 is 1.20 bits per heavy atom. The number of rotatable bonds is 6. The predicted octanol–water partition coefficient (Wildman–Crippen LogP) is 2.43. The van der Waals surface area contributed by atoms with Gasteiger partial charge >= 0.3 is 5.97 Å². The van der Waals surface area contributed by atoms with Gasteiger partial charge in [0.25, 0.3) is 11.8 Å². The monoisotopic (exact) mass is 432 g/mol. The molecule has 1 saturated carbocycles. The molecule has 0 spiro atoms. The Labute approximate surface area is 178 Å². The van der Waals surface area contributed by atoms with Gasteiger partial charge in [-0.2, -0.15) is 10.1 Å². The van der Waals surface area contributed by atoms with Gasteiger partial charge in [0, 0.05) is 0 Å². The summed E-state index contributed by atoms with van der Waals surface area (Å²) < 4.78 is 15.5. The second kappa shape index (κ2) is 7.75. The van der Waals surface area contributed by atoms with Crippen LogP contribution in [0, 0.1) is 23.7 Å². The van der Waals surface area contributed by atoms with Crippen molar-refractivity contribution in [3.8, 4) is 11.5 Å². The van der Waals surface area contributed by atoms with Gasteiger partial charge < -0.3 is 14.2 Å². The van der Waals surface area contributed by atoms with Crippen molar-refractivity contribution < 1.29 is 28.6 Å². The van der Waals surface area contributed by atoms with Crippen LogP contribution in [0.4, 0.5) is 0 Å². The summed E-state index contributed by atoms with van der Waals surface area (Å²) in [5.74, 6) is -0.988. The summed E-state index contributed by atoms with van der Waals surface area (Å²) in [4.78, 5) is 37.0. The molecule has 1 heterocycles. The summed E-state index contributed by atoms with van der Waals surface area (Å²) in [5.41, 5.74) is 0.508. The van der Waals surface area contributed by atoms with Gasteiger partial charge in [0.05, 0.1) is 37.3 Å². The van der Waals surface area contributed by atoms with E-state index >= 15 is 0 Å². The van der Waals surface area contributed by atoms with E-state index in [2.05, 4.69) is 9.84 Å². The summed E-state index contributed by atoms with van der Waals surface area (Å²) in [6.45, 7) is 1.53. The number of nitrogens with zero attached hydrogens (tertiary/aromatic N) is 2. The number of esters is 1. The van der Waals surface area contributed by atoms with E-state index in [4.69, 9.17) is 21.1 Å². The van der Waals surface area contributed by atoms with Crippen LogP contribution < -0.4 is 9.47 Å². The number of carbonyl (C=O) groups excluding carboxylic acids is 3. The zero-order valence-electron chi connectivity index (χ0n) is 16.7. The Hall–Kier alpha value is -2.87. The molecule has 0 N–H and O–H groups in total. The van der Waals surface area contributed by atoms with Gasteiger partial charge in [-0.1, -0.05) is 23.8 Å². The number of benzene rings is 1. The summed E-state index contributed by atoms with van der Waals surface area (Å²) >= 11 is 6.31. The summed E-state index contributed by atoms with van der Waals surface area (Å²) in [5, 5.41) is 5.28. The number of halogens is 1. The second-order valence-corrected chi connectivity index (χ2v) is 7.96. The van der Waals surface area contributed by atoms with E-state index in [1.165, 1.54) is 27.4 Å². The summed E-state index contributed by atoms with van der Waals surface area (Å²) in [7, 11) is 2.69. The Bertz CT molecular complexity index is 944. The molecule has 158 valence electrons. The molecule has 0 unspecified atom stereocenters. The normalized spacial score (nSPS) is 27.7. The molecule has 2 bridgehead atoms. The zero-order chi connectivity index (χ0) is 21.6. The number of amides is 2. The van der Waals surface area contributed by atoms with Gasteiger partial charge in [-0.3, -0.25) is 9.59 Å². The van der Waals surface area contributed by atoms with Crippen LogP contribution in [0.25, 0.3) is 0 Å². The van der Waals surface area contributed by atoms with Crippen molar-refractivity contribution in [2.45, 2.75) is 19.4 Å². The van der Waals surface area contributed by atoms with Crippen LogP contribution in [0.5, 0.6) is 11.5 Å². The van der Waals surface area contributed by atoms with E-state index in [0.717, 1.165) is 11.4 Å². The van der Waals surface area contributed by atoms with Gasteiger partial charge in [0.15, 0.2) is 17.6 Å². The minimum absolute atomic E-state index is 0.124. The highest BCUT2D eigenvalue weighted by Gasteiger charge is 2.59. The van der Waals surface area contributed by atoms with Crippen molar-refractivity contribution in [1.82, 2.24) is 5.01 Å². The highest BCUT2D eigenvalue weighted by atomic mass is 35.5. The minimum Gasteiger partial charge on any atom is -0.493 e. The van der Waals surface area contributed by atoms with Crippen molar-refractivity contribution in [3.63, 3.8) is 0 Å². The highest BCUT2D eigenvalue weighted by molar-refractivity contribution is 6.32. The van der Waals surface area contributed by atoms with Crippen LogP contribution in [0.3, 0.4) is 0 Å². The Morgan fingerprint density at radius 3 is 2.40 bits per heavy atom. The van der Waals surface area contributed by atoms with Crippen LogP contribution in [0.2, 0.25) is 5.02 Å². The van der Waals surface area contributed by atoms with Gasteiger partial charge in [-0.25, -0.2) is 4.79 Å². The van der Waals surface area contributed by atoms with E-state index in [1.54, 1.807) is 12.1 Å². The molecule has 1 aromatic carbocycles. The first-order valence-corrected chi connectivity index (χ1v) is 9.95. The van der Waals surface area contributed by atoms with Gasteiger partial charge in [0.1, 0.15) is 0 Å². The smallest absolute Gasteiger partial charge is 0.346 e. The van der Waals surface area contributed by atoms with Crippen LogP contribution in [0.1, 0.15) is 18.9 Å². The largest absolute Gasteiger partial charge is 0.493 e. The lowest BCUT2D eigenvalue weighted by molar-refractivity contribution is -0.148. The molecule has 5 atom stereocenters. The van der Waals surface area contributed by atoms with E-state index in [1.807, 2.05) is 12.2 Å². The van der Waals surface area contributed by atoms with E-state index in [-0.39, 0.29) is 52.0 Å². The molecule has 2 aliphatic carbocycles. The number of carbonyl (C=O) groups is 3. The number of fused-ring (bicyclic) bond motifs is 5. The molecule has 9 heteroatoms. The molecule has 0 radical (unpaired) electrons. The number of imide groups is 1. The van der Waals surface area contributed by atoms with Gasteiger partial charge in [-0.15, -0.1) is 0 Å². The number of hydrogen-bond acceptors (Lipinski definition) is 7. The van der Waals surface area contributed by atoms with Crippen molar-refractivity contribution in [1.29, 1.82) is 0 Å². The average Bonchev–Trinajstić information content (AvgIpc) is 3.41. The molecule has 8 nitrogen and oxygen atoms in total. The summed E-state index contributed by atoms with van der Waals surface area (Å²) in [6.07, 6.45) is 5.42. The molecule has 3 aliphatic rings. The molecule has 30 heavy (non-hydrogen) atoms. The van der Waals surface area contributed by atoms with Crippen LogP contribution >= 0.6 is 11.6 Å². The lowest BCUT2D eigenvalue weighted by Crippen LogP contribution is -2.28. The van der Waals surface area contributed by atoms with E-state index in [9.17, 15) is 14.4 Å². The third kappa shape index (κ3) is 3.25. The molecule has 1 aromatic rings. The third-order valence-electron chi connectivity index (χ3n) is 5.85. The average molecular weight is 433 g/mol. The SMILES string of the molecule is COC(=O)[C@@H](C)Oc1c(Cl)cc(C=NN2C(=O)[C@@H]3[C@H](C2=O)[C@H]2C=C[C@H]3C2)cc1OC. The van der Waals surface area contributed by atoms with Crippen LogP contribution in [-0.4, -0.2) is 49.3 Å². The van der Waals surface area contributed by atoms with Crippen molar-refractivity contribution >= 4 is 35.6 Å². The lowest BCUT2D eigenvalue weighted by Gasteiger charge is -2.17. The molecule has 2 amide bonds. The standard InChI is InChI=1S/C21H21ClN2O6/c1-10(21(27)29-3)30-18-14(22)6-11(7-15(18)28-2)9-23-24-19(25)16-12-4-5-13(8-12)17(16)20(24)26/h4-7,9-10,12-13,16-17H,8H2,1-3H3/t10-,12+,13+,16-,17+/m1/s1. The van der Waals surface area contributed by atoms with Crippen molar-refractivity contribution in [2.75, 3.05) is 14.2 Å². The predicted molar refractivity (Wildman–Crippen MR) is 107 cm³/mol. The Kier molecular flexibility index (Phi) is 5.27. The molecular weight excluding hydrogens is 412 g/mol. The molecule has 0 aromatic heterocycles. The fraction of sp³-hybridized carbons (Fsp3) is 0.429. The van der Waals surface area contributed by atoms with Gasteiger partial charge in [-0.05, 0) is 42.9 Å². The molecule has 2 fully saturated rings. The Balaban J connectivity index is 1.54. The summed E-state index contributed by atoms with van der Waals surface area (Å²) in [6, 6.07) is 3.13. The van der Waals surface area contributed by atoms with Crippen molar-refractivity contribution in [2.24, 2.45) is 28.8 Å². The molecule has 1 aliphatic heterocycles. The molecule has 1 saturated heterocycles.